The molecular formula is C13H17ClN2S2. The zero-order valence-corrected chi connectivity index (χ0v) is 12.8. The second-order valence-electron chi connectivity index (χ2n) is 4.86. The molecule has 1 saturated heterocycles. The molecule has 0 aromatic carbocycles. The van der Waals surface area contributed by atoms with Crippen LogP contribution < -0.4 is 0 Å². The lowest BCUT2D eigenvalue weighted by atomic mass is 10.2. The summed E-state index contributed by atoms with van der Waals surface area (Å²) in [4.78, 5) is 9.27. The van der Waals surface area contributed by atoms with Crippen molar-refractivity contribution < 1.29 is 0 Å². The van der Waals surface area contributed by atoms with Crippen LogP contribution in [-0.2, 0) is 0 Å². The third-order valence-corrected chi connectivity index (χ3v) is 6.87. The van der Waals surface area contributed by atoms with Gasteiger partial charge in [0.15, 0.2) is 0 Å². The number of hydrogen-bond donors (Lipinski definition) is 0. The molecule has 2 aliphatic rings. The van der Waals surface area contributed by atoms with Gasteiger partial charge in [-0.15, -0.1) is 11.8 Å². The fourth-order valence-corrected chi connectivity index (χ4v) is 5.50. The summed E-state index contributed by atoms with van der Waals surface area (Å²) in [5.41, 5.74) is 1.16. The molecule has 2 unspecified atom stereocenters. The van der Waals surface area contributed by atoms with Crippen LogP contribution in [0.3, 0.4) is 0 Å². The quantitative estimate of drug-likeness (QED) is 0.777. The van der Waals surface area contributed by atoms with Crippen LogP contribution >= 0.6 is 35.1 Å². The molecule has 2 atom stereocenters. The number of nitrogens with zero attached hydrogens (tertiary/aromatic N) is 2. The predicted octanol–water partition coefficient (Wildman–Crippen LogP) is 4.31. The fraction of sp³-hybridized carbons (Fsp3) is 0.692. The van der Waals surface area contributed by atoms with E-state index in [0.717, 1.165) is 11.5 Å². The Morgan fingerprint density at radius 1 is 1.28 bits per heavy atom. The van der Waals surface area contributed by atoms with Crippen molar-refractivity contribution in [3.63, 3.8) is 0 Å². The minimum atomic E-state index is 0.421. The minimum Gasteiger partial charge on any atom is -0.236 e. The Bertz CT molecular complexity index is 437. The van der Waals surface area contributed by atoms with Crippen LogP contribution in [0.15, 0.2) is 6.07 Å². The largest absolute Gasteiger partial charge is 0.236 e. The first-order valence-corrected chi connectivity index (χ1v) is 9.03. The molecule has 2 heterocycles. The molecule has 3 rings (SSSR count). The van der Waals surface area contributed by atoms with Gasteiger partial charge in [-0.2, -0.15) is 11.8 Å². The van der Waals surface area contributed by atoms with Gasteiger partial charge in [0.1, 0.15) is 11.0 Å². The van der Waals surface area contributed by atoms with Gasteiger partial charge < -0.3 is 0 Å². The molecule has 1 aromatic heterocycles. The number of rotatable bonds is 3. The van der Waals surface area contributed by atoms with Crippen molar-refractivity contribution in [2.24, 2.45) is 0 Å². The molecule has 0 spiro atoms. The highest BCUT2D eigenvalue weighted by molar-refractivity contribution is 8.06. The second-order valence-corrected chi connectivity index (χ2v) is 7.84. The van der Waals surface area contributed by atoms with Crippen LogP contribution in [0.5, 0.6) is 0 Å². The first-order chi connectivity index (χ1) is 8.78. The average Bonchev–Trinajstić information content (AvgIpc) is 3.22. The lowest BCUT2D eigenvalue weighted by Crippen LogP contribution is -2.20. The van der Waals surface area contributed by atoms with Crippen molar-refractivity contribution in [1.29, 1.82) is 0 Å². The van der Waals surface area contributed by atoms with Gasteiger partial charge in [0.25, 0.3) is 0 Å². The lowest BCUT2D eigenvalue weighted by molar-refractivity contribution is 0.740. The van der Waals surface area contributed by atoms with E-state index in [2.05, 4.69) is 23.7 Å². The Hall–Kier alpha value is 0.0700. The van der Waals surface area contributed by atoms with Crippen LogP contribution in [-0.4, -0.2) is 26.7 Å². The molecule has 0 N–H and O–H groups in total. The summed E-state index contributed by atoms with van der Waals surface area (Å²) in [5.74, 6) is 4.05. The standard InChI is InChI=1S/C13H17ClN2S2/c1-2-10-12(18-6-5-17-10)13-15-9(8-3-4-8)7-11(14)16-13/h7-8,10,12H,2-6H2,1H3. The number of hydrogen-bond acceptors (Lipinski definition) is 4. The molecule has 0 amide bonds. The average molecular weight is 301 g/mol. The van der Waals surface area contributed by atoms with Gasteiger partial charge in [0.2, 0.25) is 0 Å². The zero-order chi connectivity index (χ0) is 12.5. The molecule has 0 radical (unpaired) electrons. The van der Waals surface area contributed by atoms with E-state index in [1.165, 1.54) is 30.8 Å². The van der Waals surface area contributed by atoms with E-state index in [0.29, 0.717) is 21.6 Å². The van der Waals surface area contributed by atoms with E-state index in [4.69, 9.17) is 16.6 Å². The van der Waals surface area contributed by atoms with Gasteiger partial charge >= 0.3 is 0 Å². The summed E-state index contributed by atoms with van der Waals surface area (Å²) in [6, 6.07) is 1.95. The summed E-state index contributed by atoms with van der Waals surface area (Å²) in [6.45, 7) is 2.25. The highest BCUT2D eigenvalue weighted by atomic mass is 35.5. The van der Waals surface area contributed by atoms with Crippen molar-refractivity contribution in [3.05, 3.63) is 22.7 Å². The van der Waals surface area contributed by atoms with Crippen molar-refractivity contribution in [1.82, 2.24) is 9.97 Å². The molecule has 0 bridgehead atoms. The van der Waals surface area contributed by atoms with Crippen molar-refractivity contribution >= 4 is 35.1 Å². The molecule has 1 aromatic rings. The molecule has 2 nitrogen and oxygen atoms in total. The van der Waals surface area contributed by atoms with E-state index < -0.39 is 0 Å². The molecule has 5 heteroatoms. The predicted molar refractivity (Wildman–Crippen MR) is 80.8 cm³/mol. The smallest absolute Gasteiger partial charge is 0.144 e. The molecule has 98 valence electrons. The SMILES string of the molecule is CCC1SCCSC1c1nc(Cl)cc(C2CC2)n1. The van der Waals surface area contributed by atoms with Crippen LogP contribution in [0.4, 0.5) is 0 Å². The van der Waals surface area contributed by atoms with E-state index in [1.807, 2.05) is 17.8 Å². The van der Waals surface area contributed by atoms with Gasteiger partial charge in [-0.3, -0.25) is 0 Å². The third-order valence-electron chi connectivity index (χ3n) is 3.43. The maximum Gasteiger partial charge on any atom is 0.144 e. The maximum atomic E-state index is 6.16. The highest BCUT2D eigenvalue weighted by Gasteiger charge is 2.31. The lowest BCUT2D eigenvalue weighted by Gasteiger charge is -2.28. The summed E-state index contributed by atoms with van der Waals surface area (Å²) in [7, 11) is 0. The first kappa shape index (κ1) is 13.1. The molecule has 18 heavy (non-hydrogen) atoms. The highest BCUT2D eigenvalue weighted by Crippen LogP contribution is 2.45. The maximum absolute atomic E-state index is 6.16. The fourth-order valence-electron chi connectivity index (χ4n) is 2.31. The van der Waals surface area contributed by atoms with Crippen LogP contribution in [0.2, 0.25) is 5.15 Å². The van der Waals surface area contributed by atoms with Gasteiger partial charge in [0.05, 0.1) is 5.25 Å². The van der Waals surface area contributed by atoms with Crippen molar-refractivity contribution in [2.45, 2.75) is 42.6 Å². The second kappa shape index (κ2) is 5.59. The minimum absolute atomic E-state index is 0.421. The Kier molecular flexibility index (Phi) is 4.06. The monoisotopic (exact) mass is 300 g/mol. The van der Waals surface area contributed by atoms with E-state index >= 15 is 0 Å². The Morgan fingerprint density at radius 2 is 2.06 bits per heavy atom. The Labute approximate surface area is 122 Å². The molecule has 1 aliphatic carbocycles. The molecule has 1 aliphatic heterocycles. The van der Waals surface area contributed by atoms with E-state index in [9.17, 15) is 0 Å². The van der Waals surface area contributed by atoms with Crippen LogP contribution in [0, 0.1) is 0 Å². The Balaban J connectivity index is 1.89. The van der Waals surface area contributed by atoms with Gasteiger partial charge in [-0.05, 0) is 25.3 Å². The zero-order valence-electron chi connectivity index (χ0n) is 10.4. The van der Waals surface area contributed by atoms with Crippen molar-refractivity contribution in [2.75, 3.05) is 11.5 Å². The summed E-state index contributed by atoms with van der Waals surface area (Å²) in [5, 5.41) is 1.67. The van der Waals surface area contributed by atoms with Gasteiger partial charge in [-0.1, -0.05) is 18.5 Å². The number of aromatic nitrogens is 2. The summed E-state index contributed by atoms with van der Waals surface area (Å²) in [6.07, 6.45) is 3.70. The number of halogens is 1. The van der Waals surface area contributed by atoms with Crippen LogP contribution in [0.1, 0.15) is 48.9 Å². The summed E-state index contributed by atoms with van der Waals surface area (Å²) < 4.78 is 0. The first-order valence-electron chi connectivity index (χ1n) is 6.55. The van der Waals surface area contributed by atoms with Crippen LogP contribution in [0.25, 0.3) is 0 Å². The van der Waals surface area contributed by atoms with Gasteiger partial charge in [0, 0.05) is 28.4 Å². The Morgan fingerprint density at radius 3 is 2.78 bits per heavy atom. The van der Waals surface area contributed by atoms with E-state index in [1.54, 1.807) is 0 Å². The summed E-state index contributed by atoms with van der Waals surface area (Å²) >= 11 is 10.2. The van der Waals surface area contributed by atoms with Crippen molar-refractivity contribution in [3.8, 4) is 0 Å². The normalized spacial score (nSPS) is 28.3. The topological polar surface area (TPSA) is 25.8 Å². The third kappa shape index (κ3) is 2.81. The molecule has 2 fully saturated rings. The van der Waals surface area contributed by atoms with E-state index in [-0.39, 0.29) is 0 Å². The molecular weight excluding hydrogens is 284 g/mol. The molecule has 1 saturated carbocycles. The number of thioether (sulfide) groups is 2. The van der Waals surface area contributed by atoms with Gasteiger partial charge in [-0.25, -0.2) is 9.97 Å².